The van der Waals surface area contributed by atoms with E-state index in [2.05, 4.69) is 20.8 Å². The minimum Gasteiger partial charge on any atom is -0.466 e. The highest BCUT2D eigenvalue weighted by atomic mass is 16.5. The number of esters is 2. The monoisotopic (exact) mass is 555 g/mol. The molecular formula is C35H70O4. The number of hydrogen-bond acceptors (Lipinski definition) is 4. The van der Waals surface area contributed by atoms with Crippen molar-refractivity contribution in [3.63, 3.8) is 0 Å². The molecule has 0 spiro atoms. The standard InChI is InChI=1S/C18H36O2.C17H34O2/c1-3-5-7-9-10-11-12-13-14-16-18(19)20-17-15-8-6-4-2;1-4-5-6-7-8-9-10-11-12-13-14-15-17(18)19-16(2)3/h3-17H2,1-2H3;16H,4-15H2,1-3H3. The average Bonchev–Trinajstić information content (AvgIpc) is 2.90. The van der Waals surface area contributed by atoms with Crippen LogP contribution >= 0.6 is 0 Å². The first-order chi connectivity index (χ1) is 19.0. The number of carbonyl (C=O) groups is 2. The second kappa shape index (κ2) is 35.0. The van der Waals surface area contributed by atoms with Gasteiger partial charge in [-0.15, -0.1) is 0 Å². The van der Waals surface area contributed by atoms with Gasteiger partial charge in [0.25, 0.3) is 0 Å². The lowest BCUT2D eigenvalue weighted by Gasteiger charge is -2.07. The molecule has 0 heterocycles. The Kier molecular flexibility index (Phi) is 35.9. The Labute approximate surface area is 245 Å². The van der Waals surface area contributed by atoms with Gasteiger partial charge in [-0.1, -0.05) is 156 Å². The second-order valence-electron chi connectivity index (χ2n) is 11.7. The van der Waals surface area contributed by atoms with Crippen LogP contribution in [0.2, 0.25) is 0 Å². The number of unbranched alkanes of at least 4 members (excludes halogenated alkanes) is 21. The molecule has 0 N–H and O–H groups in total. The summed E-state index contributed by atoms with van der Waals surface area (Å²) in [7, 11) is 0. The number of hydrogen-bond donors (Lipinski definition) is 0. The zero-order valence-corrected chi connectivity index (χ0v) is 27.3. The maximum atomic E-state index is 11.5. The fourth-order valence-electron chi connectivity index (χ4n) is 4.62. The lowest BCUT2D eigenvalue weighted by atomic mass is 10.1. The molecule has 4 nitrogen and oxygen atoms in total. The maximum Gasteiger partial charge on any atom is 0.306 e. The van der Waals surface area contributed by atoms with Gasteiger partial charge >= 0.3 is 11.9 Å². The van der Waals surface area contributed by atoms with Gasteiger partial charge < -0.3 is 9.47 Å². The van der Waals surface area contributed by atoms with Gasteiger partial charge in [-0.3, -0.25) is 9.59 Å². The molecule has 0 aromatic carbocycles. The molecule has 39 heavy (non-hydrogen) atoms. The molecule has 0 atom stereocenters. The van der Waals surface area contributed by atoms with E-state index in [1.54, 1.807) is 0 Å². The maximum absolute atomic E-state index is 11.5. The van der Waals surface area contributed by atoms with E-state index < -0.39 is 0 Å². The third-order valence-electron chi connectivity index (χ3n) is 7.10. The van der Waals surface area contributed by atoms with Crippen LogP contribution in [-0.2, 0) is 19.1 Å². The van der Waals surface area contributed by atoms with E-state index in [4.69, 9.17) is 9.47 Å². The fourth-order valence-corrected chi connectivity index (χ4v) is 4.62. The van der Waals surface area contributed by atoms with Gasteiger partial charge in [0, 0.05) is 12.8 Å². The van der Waals surface area contributed by atoms with Crippen LogP contribution < -0.4 is 0 Å². The molecule has 0 amide bonds. The first-order valence-electron chi connectivity index (χ1n) is 17.3. The SMILES string of the molecule is CCCCCCCCCCCC(=O)OCCCCCC.CCCCCCCCCCCCCC(=O)OC(C)C. The Morgan fingerprint density at radius 3 is 1.10 bits per heavy atom. The van der Waals surface area contributed by atoms with Crippen molar-refractivity contribution in [1.29, 1.82) is 0 Å². The van der Waals surface area contributed by atoms with Crippen molar-refractivity contribution in [2.75, 3.05) is 6.61 Å². The van der Waals surface area contributed by atoms with Gasteiger partial charge in [0.15, 0.2) is 0 Å². The Morgan fingerprint density at radius 1 is 0.436 bits per heavy atom. The summed E-state index contributed by atoms with van der Waals surface area (Å²) in [5.74, 6) is -0.0321. The highest BCUT2D eigenvalue weighted by molar-refractivity contribution is 5.69. The Hall–Kier alpha value is -1.06. The Morgan fingerprint density at radius 2 is 0.744 bits per heavy atom. The Bertz CT molecular complexity index is 489. The van der Waals surface area contributed by atoms with Gasteiger partial charge in [-0.05, 0) is 33.1 Å². The summed E-state index contributed by atoms with van der Waals surface area (Å²) in [4.78, 5) is 22.8. The van der Waals surface area contributed by atoms with Crippen LogP contribution in [0.15, 0.2) is 0 Å². The van der Waals surface area contributed by atoms with Crippen molar-refractivity contribution in [3.8, 4) is 0 Å². The molecule has 0 aliphatic heterocycles. The van der Waals surface area contributed by atoms with Crippen LogP contribution in [0, 0.1) is 0 Å². The molecule has 0 bridgehead atoms. The van der Waals surface area contributed by atoms with Gasteiger partial charge in [0.1, 0.15) is 0 Å². The molecule has 0 unspecified atom stereocenters. The van der Waals surface area contributed by atoms with Crippen LogP contribution in [0.1, 0.15) is 202 Å². The lowest BCUT2D eigenvalue weighted by molar-refractivity contribution is -0.147. The van der Waals surface area contributed by atoms with Gasteiger partial charge in [-0.2, -0.15) is 0 Å². The van der Waals surface area contributed by atoms with Crippen molar-refractivity contribution < 1.29 is 19.1 Å². The van der Waals surface area contributed by atoms with E-state index in [1.165, 1.54) is 135 Å². The minimum atomic E-state index is -0.0362. The van der Waals surface area contributed by atoms with E-state index in [0.29, 0.717) is 19.4 Å². The van der Waals surface area contributed by atoms with Crippen molar-refractivity contribution >= 4 is 11.9 Å². The van der Waals surface area contributed by atoms with Crippen LogP contribution in [0.3, 0.4) is 0 Å². The fraction of sp³-hybridized carbons (Fsp3) is 0.943. The van der Waals surface area contributed by atoms with Gasteiger partial charge in [0.05, 0.1) is 12.7 Å². The summed E-state index contributed by atoms with van der Waals surface area (Å²) in [6.07, 6.45) is 32.0. The summed E-state index contributed by atoms with van der Waals surface area (Å²) >= 11 is 0. The Balaban J connectivity index is 0. The van der Waals surface area contributed by atoms with Crippen molar-refractivity contribution in [2.24, 2.45) is 0 Å². The van der Waals surface area contributed by atoms with Crippen LogP contribution in [0.5, 0.6) is 0 Å². The minimum absolute atomic E-state index is 0.00412. The van der Waals surface area contributed by atoms with Crippen LogP contribution in [0.4, 0.5) is 0 Å². The van der Waals surface area contributed by atoms with E-state index >= 15 is 0 Å². The molecule has 0 aliphatic carbocycles. The van der Waals surface area contributed by atoms with Crippen molar-refractivity contribution in [3.05, 3.63) is 0 Å². The summed E-state index contributed by atoms with van der Waals surface area (Å²) in [6, 6.07) is 0. The largest absolute Gasteiger partial charge is 0.466 e. The van der Waals surface area contributed by atoms with Crippen molar-refractivity contribution in [1.82, 2.24) is 0 Å². The van der Waals surface area contributed by atoms with E-state index in [-0.39, 0.29) is 18.0 Å². The highest BCUT2D eigenvalue weighted by Crippen LogP contribution is 2.13. The molecule has 0 saturated heterocycles. The third-order valence-corrected chi connectivity index (χ3v) is 7.10. The molecule has 4 heteroatoms. The lowest BCUT2D eigenvalue weighted by Crippen LogP contribution is -2.10. The first kappa shape index (κ1) is 40.1. The molecule has 0 saturated carbocycles. The van der Waals surface area contributed by atoms with Crippen LogP contribution in [-0.4, -0.2) is 24.6 Å². The summed E-state index contributed by atoms with van der Waals surface area (Å²) in [6.45, 7) is 11.1. The molecule has 0 aromatic rings. The summed E-state index contributed by atoms with van der Waals surface area (Å²) in [5.41, 5.74) is 0. The van der Waals surface area contributed by atoms with Crippen molar-refractivity contribution in [2.45, 2.75) is 208 Å². The molecule has 0 rings (SSSR count). The van der Waals surface area contributed by atoms with Crippen LogP contribution in [0.25, 0.3) is 0 Å². The number of carbonyl (C=O) groups excluding carboxylic acids is 2. The third kappa shape index (κ3) is 39.1. The van der Waals surface area contributed by atoms with E-state index in [0.717, 1.165) is 19.3 Å². The quantitative estimate of drug-likeness (QED) is 0.0712. The van der Waals surface area contributed by atoms with Gasteiger partial charge in [-0.25, -0.2) is 0 Å². The zero-order chi connectivity index (χ0) is 29.2. The predicted molar refractivity (Wildman–Crippen MR) is 169 cm³/mol. The second-order valence-corrected chi connectivity index (χ2v) is 11.7. The molecule has 0 aromatic heterocycles. The zero-order valence-electron chi connectivity index (χ0n) is 27.3. The molecular weight excluding hydrogens is 484 g/mol. The summed E-state index contributed by atoms with van der Waals surface area (Å²) in [5, 5.41) is 0. The molecule has 0 radical (unpaired) electrons. The molecule has 234 valence electrons. The molecule has 0 aliphatic rings. The summed E-state index contributed by atoms with van der Waals surface area (Å²) < 4.78 is 10.3. The first-order valence-corrected chi connectivity index (χ1v) is 17.3. The van der Waals surface area contributed by atoms with E-state index in [9.17, 15) is 9.59 Å². The normalized spacial score (nSPS) is 10.8. The molecule has 0 fully saturated rings. The number of ether oxygens (including phenoxy) is 2. The van der Waals surface area contributed by atoms with Gasteiger partial charge in [0.2, 0.25) is 0 Å². The smallest absolute Gasteiger partial charge is 0.306 e. The predicted octanol–water partition coefficient (Wildman–Crippen LogP) is 11.7. The highest BCUT2D eigenvalue weighted by Gasteiger charge is 2.04. The average molecular weight is 555 g/mol. The van der Waals surface area contributed by atoms with E-state index in [1.807, 2.05) is 13.8 Å². The topological polar surface area (TPSA) is 52.6 Å². The number of rotatable bonds is 28.